The number of aliphatic imine (C=N–C) groups is 1. The number of likely N-dealkylation sites (tertiary alicyclic amines) is 1. The number of guanidine groups is 1. The zero-order valence-electron chi connectivity index (χ0n) is 16.3. The van der Waals surface area contributed by atoms with E-state index in [9.17, 15) is 9.59 Å². The minimum absolute atomic E-state index is 0. The second-order valence-electron chi connectivity index (χ2n) is 8.76. The predicted octanol–water partition coefficient (Wildman–Crippen LogP) is 2.07. The summed E-state index contributed by atoms with van der Waals surface area (Å²) in [5.41, 5.74) is -0.254. The van der Waals surface area contributed by atoms with Crippen LogP contribution in [0.2, 0.25) is 0 Å². The highest BCUT2D eigenvalue weighted by Gasteiger charge is 2.50. The third kappa shape index (κ3) is 3.78. The molecule has 2 aliphatic carbocycles. The van der Waals surface area contributed by atoms with Crippen LogP contribution in [0.3, 0.4) is 0 Å². The van der Waals surface area contributed by atoms with E-state index >= 15 is 0 Å². The van der Waals surface area contributed by atoms with E-state index < -0.39 is 5.54 Å². The highest BCUT2D eigenvalue weighted by atomic mass is 127. The highest BCUT2D eigenvalue weighted by molar-refractivity contribution is 14.0. The van der Waals surface area contributed by atoms with Crippen LogP contribution in [0.1, 0.15) is 51.9 Å². The molecule has 8 heteroatoms. The van der Waals surface area contributed by atoms with Gasteiger partial charge in [-0.2, -0.15) is 0 Å². The first kappa shape index (κ1) is 20.7. The van der Waals surface area contributed by atoms with Gasteiger partial charge in [-0.1, -0.05) is 6.42 Å². The number of urea groups is 1. The molecule has 0 bridgehead atoms. The van der Waals surface area contributed by atoms with Crippen molar-refractivity contribution in [3.05, 3.63) is 0 Å². The van der Waals surface area contributed by atoms with Gasteiger partial charge in [-0.15, -0.1) is 24.0 Å². The molecule has 0 aromatic carbocycles. The number of piperidine rings is 1. The average molecular weight is 489 g/mol. The molecule has 2 saturated heterocycles. The van der Waals surface area contributed by atoms with E-state index in [1.807, 2.05) is 14.0 Å². The Labute approximate surface area is 178 Å². The van der Waals surface area contributed by atoms with Gasteiger partial charge in [0.25, 0.3) is 5.91 Å². The zero-order chi connectivity index (χ0) is 18.4. The maximum Gasteiger partial charge on any atom is 0.322 e. The lowest BCUT2D eigenvalue weighted by atomic mass is 9.65. The summed E-state index contributed by atoms with van der Waals surface area (Å²) in [7, 11) is 1.85. The summed E-state index contributed by atoms with van der Waals surface area (Å²) in [6.45, 7) is 4.61. The molecule has 3 N–H and O–H groups in total. The third-order valence-electron chi connectivity index (χ3n) is 7.29. The molecule has 7 nitrogen and oxygen atoms in total. The molecule has 2 saturated carbocycles. The molecular weight excluding hydrogens is 457 g/mol. The van der Waals surface area contributed by atoms with E-state index in [1.54, 1.807) is 0 Å². The van der Waals surface area contributed by atoms with Crippen LogP contribution in [0.25, 0.3) is 0 Å². The molecule has 2 heterocycles. The van der Waals surface area contributed by atoms with Crippen molar-refractivity contribution in [3.8, 4) is 0 Å². The fourth-order valence-corrected chi connectivity index (χ4v) is 5.16. The van der Waals surface area contributed by atoms with Crippen LogP contribution < -0.4 is 16.0 Å². The van der Waals surface area contributed by atoms with Gasteiger partial charge in [0.05, 0.1) is 0 Å². The first-order valence-electron chi connectivity index (χ1n) is 10.1. The largest absolute Gasteiger partial charge is 0.356 e. The van der Waals surface area contributed by atoms with E-state index in [0.29, 0.717) is 5.41 Å². The fourth-order valence-electron chi connectivity index (χ4n) is 5.16. The van der Waals surface area contributed by atoms with Gasteiger partial charge in [-0.05, 0) is 62.7 Å². The summed E-state index contributed by atoms with van der Waals surface area (Å²) in [4.78, 5) is 30.5. The van der Waals surface area contributed by atoms with Gasteiger partial charge in [0.1, 0.15) is 5.54 Å². The van der Waals surface area contributed by atoms with Crippen LogP contribution in [0, 0.1) is 17.3 Å². The number of hydrogen-bond acceptors (Lipinski definition) is 3. The van der Waals surface area contributed by atoms with Crippen molar-refractivity contribution in [2.24, 2.45) is 22.2 Å². The molecule has 4 rings (SSSR count). The number of hydrogen-bond donors (Lipinski definition) is 3. The maximum atomic E-state index is 12.2. The second-order valence-corrected chi connectivity index (χ2v) is 8.76. The minimum Gasteiger partial charge on any atom is -0.356 e. The Morgan fingerprint density at radius 1 is 1.19 bits per heavy atom. The standard InChI is InChI=1S/C19H31N5O2.HI/c1-18(15(25)22-17(26)23-18)13-6-10-24(11-7-13)16(20-2)21-12-19(8-3-9-19)14-4-5-14;/h13-14H,3-12H2,1-2H3,(H,20,21)(H2,22,23,25,26);1H. The summed E-state index contributed by atoms with van der Waals surface area (Å²) in [5, 5.41) is 8.84. The minimum atomic E-state index is -0.776. The lowest BCUT2D eigenvalue weighted by molar-refractivity contribution is -0.125. The maximum absolute atomic E-state index is 12.2. The third-order valence-corrected chi connectivity index (χ3v) is 7.29. The Bertz CT molecular complexity index is 624. The smallest absolute Gasteiger partial charge is 0.322 e. The Morgan fingerprint density at radius 3 is 2.30 bits per heavy atom. The second kappa shape index (κ2) is 7.75. The van der Waals surface area contributed by atoms with Gasteiger partial charge in [-0.3, -0.25) is 15.1 Å². The fraction of sp³-hybridized carbons (Fsp3) is 0.842. The summed E-state index contributed by atoms with van der Waals surface area (Å²) >= 11 is 0. The van der Waals surface area contributed by atoms with E-state index in [-0.39, 0.29) is 41.8 Å². The first-order chi connectivity index (χ1) is 12.5. The van der Waals surface area contributed by atoms with Crippen molar-refractivity contribution < 1.29 is 9.59 Å². The van der Waals surface area contributed by atoms with Crippen molar-refractivity contribution in [1.82, 2.24) is 20.9 Å². The molecule has 1 atom stereocenters. The Kier molecular flexibility index (Phi) is 5.93. The SMILES string of the molecule is CN=C(NCC1(C2CC2)CCC1)N1CCC(C2(C)NC(=O)NC2=O)CC1.I. The van der Waals surface area contributed by atoms with Crippen LogP contribution in [0.15, 0.2) is 4.99 Å². The molecule has 152 valence electrons. The topological polar surface area (TPSA) is 85.8 Å². The van der Waals surface area contributed by atoms with Crippen molar-refractivity contribution in [2.75, 3.05) is 26.7 Å². The van der Waals surface area contributed by atoms with E-state index in [1.165, 1.54) is 32.1 Å². The van der Waals surface area contributed by atoms with Crippen molar-refractivity contribution >= 4 is 41.9 Å². The summed E-state index contributed by atoms with van der Waals surface area (Å²) < 4.78 is 0. The van der Waals surface area contributed by atoms with Crippen LogP contribution in [0.4, 0.5) is 4.79 Å². The number of rotatable bonds is 4. The number of carbonyl (C=O) groups excluding carboxylic acids is 2. The zero-order valence-corrected chi connectivity index (χ0v) is 18.7. The Balaban J connectivity index is 0.00000210. The van der Waals surface area contributed by atoms with Gasteiger partial charge in [0.2, 0.25) is 0 Å². The van der Waals surface area contributed by atoms with E-state index in [0.717, 1.165) is 44.4 Å². The molecule has 4 fully saturated rings. The average Bonchev–Trinajstić information content (AvgIpc) is 3.38. The molecule has 27 heavy (non-hydrogen) atoms. The normalized spacial score (nSPS) is 30.9. The van der Waals surface area contributed by atoms with E-state index in [2.05, 4.69) is 25.8 Å². The molecule has 4 aliphatic rings. The van der Waals surface area contributed by atoms with Crippen molar-refractivity contribution in [3.63, 3.8) is 0 Å². The molecular formula is C19H32IN5O2. The molecule has 2 aliphatic heterocycles. The number of carbonyl (C=O) groups is 2. The number of nitrogens with one attached hydrogen (secondary N) is 3. The summed E-state index contributed by atoms with van der Waals surface area (Å²) in [6.07, 6.45) is 8.63. The number of imide groups is 1. The molecule has 3 amide bonds. The van der Waals surface area contributed by atoms with Crippen LogP contribution in [-0.4, -0.2) is 55.0 Å². The number of amides is 3. The number of nitrogens with zero attached hydrogens (tertiary/aromatic N) is 2. The Hall–Kier alpha value is -1.06. The van der Waals surface area contributed by atoms with Crippen LogP contribution in [-0.2, 0) is 4.79 Å². The molecule has 0 aromatic rings. The van der Waals surface area contributed by atoms with Gasteiger partial charge < -0.3 is 15.5 Å². The Morgan fingerprint density at radius 2 is 1.85 bits per heavy atom. The number of halogens is 1. The van der Waals surface area contributed by atoms with Gasteiger partial charge in [-0.25, -0.2) is 4.79 Å². The van der Waals surface area contributed by atoms with Gasteiger partial charge in [0.15, 0.2) is 5.96 Å². The predicted molar refractivity (Wildman–Crippen MR) is 115 cm³/mol. The monoisotopic (exact) mass is 489 g/mol. The lowest BCUT2D eigenvalue weighted by Crippen LogP contribution is -2.56. The molecule has 0 spiro atoms. The molecule has 0 aromatic heterocycles. The lowest BCUT2D eigenvalue weighted by Gasteiger charge is -2.44. The van der Waals surface area contributed by atoms with E-state index in [4.69, 9.17) is 0 Å². The van der Waals surface area contributed by atoms with Crippen molar-refractivity contribution in [1.29, 1.82) is 0 Å². The van der Waals surface area contributed by atoms with Crippen molar-refractivity contribution in [2.45, 2.75) is 57.4 Å². The summed E-state index contributed by atoms with van der Waals surface area (Å²) in [5.74, 6) is 1.88. The van der Waals surface area contributed by atoms with Gasteiger partial charge in [0, 0.05) is 26.7 Å². The van der Waals surface area contributed by atoms with Crippen LogP contribution in [0.5, 0.6) is 0 Å². The highest BCUT2D eigenvalue weighted by Crippen LogP contribution is 2.56. The quantitative estimate of drug-likeness (QED) is 0.244. The van der Waals surface area contributed by atoms with Crippen LogP contribution >= 0.6 is 24.0 Å². The summed E-state index contributed by atoms with van der Waals surface area (Å²) in [6, 6.07) is -0.372. The molecule has 1 unspecified atom stereocenters. The first-order valence-corrected chi connectivity index (χ1v) is 10.1. The molecule has 0 radical (unpaired) electrons. The van der Waals surface area contributed by atoms with Gasteiger partial charge >= 0.3 is 6.03 Å².